The van der Waals surface area contributed by atoms with Crippen molar-refractivity contribution >= 4 is 11.7 Å². The van der Waals surface area contributed by atoms with Gasteiger partial charge in [-0.2, -0.15) is 0 Å². The lowest BCUT2D eigenvalue weighted by atomic mass is 9.89. The van der Waals surface area contributed by atoms with Crippen molar-refractivity contribution in [3.05, 3.63) is 105 Å². The Kier molecular flexibility index (Phi) is 7.07. The van der Waals surface area contributed by atoms with E-state index in [0.29, 0.717) is 29.7 Å². The van der Waals surface area contributed by atoms with Gasteiger partial charge in [-0.05, 0) is 90.9 Å². The predicted octanol–water partition coefficient (Wildman–Crippen LogP) is 4.52. The average molecular weight is 447 g/mol. The lowest BCUT2D eigenvalue weighted by Crippen LogP contribution is -2.32. The van der Waals surface area contributed by atoms with Gasteiger partial charge in [-0.15, -0.1) is 0 Å². The number of pyridine rings is 1. The van der Waals surface area contributed by atoms with Gasteiger partial charge in [-0.1, -0.05) is 18.7 Å². The Hall–Kier alpha value is -3.80. The van der Waals surface area contributed by atoms with Crippen LogP contribution in [0.3, 0.4) is 0 Å². The molecule has 0 saturated heterocycles. The van der Waals surface area contributed by atoms with Crippen LogP contribution in [0.15, 0.2) is 60.0 Å². The van der Waals surface area contributed by atoms with Crippen molar-refractivity contribution in [2.75, 3.05) is 6.54 Å². The first kappa shape index (κ1) is 23.9. The zero-order chi connectivity index (χ0) is 24.3. The predicted molar refractivity (Wildman–Crippen MR) is 128 cm³/mol. The van der Waals surface area contributed by atoms with E-state index in [1.165, 1.54) is 22.8 Å². The molecule has 0 aliphatic carbocycles. The van der Waals surface area contributed by atoms with Gasteiger partial charge in [0.15, 0.2) is 5.78 Å². The van der Waals surface area contributed by atoms with Gasteiger partial charge in [0.1, 0.15) is 11.4 Å². The maximum Gasteiger partial charge on any atom is 0.263 e. The first-order valence-electron chi connectivity index (χ1n) is 10.7. The second-order valence-electron chi connectivity index (χ2n) is 8.05. The first-order chi connectivity index (χ1) is 15.7. The number of hydrogen-bond donors (Lipinski definition) is 1. The molecule has 1 N–H and O–H groups in total. The van der Waals surface area contributed by atoms with Crippen LogP contribution in [-0.4, -0.2) is 22.8 Å². The number of rotatable bonds is 7. The fraction of sp³-hybridized carbons (Fsp3) is 0.222. The fourth-order valence-corrected chi connectivity index (χ4v) is 3.96. The molecule has 3 rings (SSSR count). The highest BCUT2D eigenvalue weighted by atomic mass is 19.1. The fourth-order valence-electron chi connectivity index (χ4n) is 3.96. The Morgan fingerprint density at radius 3 is 2.39 bits per heavy atom. The zero-order valence-electron chi connectivity index (χ0n) is 19.3. The second-order valence-corrected chi connectivity index (χ2v) is 8.05. The lowest BCUT2D eigenvalue weighted by molar-refractivity contribution is 0.0953. The molecule has 1 amide bonds. The van der Waals surface area contributed by atoms with Crippen molar-refractivity contribution < 1.29 is 14.0 Å². The van der Waals surface area contributed by atoms with Crippen LogP contribution < -0.4 is 10.9 Å². The summed E-state index contributed by atoms with van der Waals surface area (Å²) in [4.78, 5) is 37.4. The molecule has 0 bridgehead atoms. The lowest BCUT2D eigenvalue weighted by Gasteiger charge is -2.16. The van der Waals surface area contributed by atoms with Crippen molar-refractivity contribution in [2.24, 2.45) is 7.05 Å². The molecular formula is C27H27FN2O3. The van der Waals surface area contributed by atoms with Gasteiger partial charge in [0.2, 0.25) is 0 Å². The molecule has 0 saturated carbocycles. The molecule has 2 aromatic carbocycles. The minimum atomic E-state index is -0.454. The number of ketones is 1. The number of benzene rings is 2. The van der Waals surface area contributed by atoms with Crippen LogP contribution in [0.2, 0.25) is 0 Å². The van der Waals surface area contributed by atoms with E-state index in [-0.39, 0.29) is 17.2 Å². The van der Waals surface area contributed by atoms with Crippen molar-refractivity contribution in [1.29, 1.82) is 0 Å². The average Bonchev–Trinajstić information content (AvgIpc) is 2.77. The van der Waals surface area contributed by atoms with Gasteiger partial charge in [0.25, 0.3) is 11.5 Å². The molecule has 0 spiro atoms. The summed E-state index contributed by atoms with van der Waals surface area (Å²) in [7, 11) is 1.58. The molecule has 170 valence electrons. The minimum absolute atomic E-state index is 0.0254. The maximum atomic E-state index is 13.8. The van der Waals surface area contributed by atoms with E-state index in [4.69, 9.17) is 0 Å². The molecule has 0 aliphatic heterocycles. The first-order valence-corrected chi connectivity index (χ1v) is 10.7. The normalized spacial score (nSPS) is 10.7. The molecule has 33 heavy (non-hydrogen) atoms. The summed E-state index contributed by atoms with van der Waals surface area (Å²) < 4.78 is 15.2. The van der Waals surface area contributed by atoms with E-state index in [1.807, 2.05) is 19.9 Å². The molecule has 1 heterocycles. The molecule has 0 aliphatic rings. The summed E-state index contributed by atoms with van der Waals surface area (Å²) in [6.45, 7) is 9.46. The number of carbonyl (C=O) groups excluding carboxylic acids is 2. The Labute approximate surface area is 192 Å². The van der Waals surface area contributed by atoms with Gasteiger partial charge in [0, 0.05) is 25.4 Å². The van der Waals surface area contributed by atoms with E-state index >= 15 is 0 Å². The van der Waals surface area contributed by atoms with Gasteiger partial charge in [0.05, 0.1) is 0 Å². The highest BCUT2D eigenvalue weighted by molar-refractivity contribution is 6.05. The molecule has 0 fully saturated rings. The van der Waals surface area contributed by atoms with Crippen LogP contribution >= 0.6 is 0 Å². The Bertz CT molecular complexity index is 1300. The van der Waals surface area contributed by atoms with E-state index in [2.05, 4.69) is 11.9 Å². The van der Waals surface area contributed by atoms with Gasteiger partial charge in [-0.25, -0.2) is 4.39 Å². The second kappa shape index (κ2) is 9.77. The summed E-state index contributed by atoms with van der Waals surface area (Å²) in [5.74, 6) is -0.971. The van der Waals surface area contributed by atoms with E-state index < -0.39 is 11.5 Å². The molecule has 0 atom stereocenters. The van der Waals surface area contributed by atoms with Crippen LogP contribution in [0, 0.1) is 19.7 Å². The van der Waals surface area contributed by atoms with Crippen LogP contribution in [0.1, 0.15) is 49.9 Å². The van der Waals surface area contributed by atoms with Crippen LogP contribution in [-0.2, 0) is 13.5 Å². The number of aromatic nitrogens is 1. The number of allylic oxidation sites excluding steroid dienone is 1. The zero-order valence-corrected chi connectivity index (χ0v) is 19.3. The third kappa shape index (κ3) is 5.00. The molecule has 0 radical (unpaired) electrons. The quantitative estimate of drug-likeness (QED) is 0.429. The number of carbonyl (C=O) groups is 2. The van der Waals surface area contributed by atoms with Crippen molar-refractivity contribution in [2.45, 2.75) is 27.2 Å². The Balaban J connectivity index is 2.24. The molecule has 6 heteroatoms. The number of nitrogens with zero attached hydrogens (tertiary/aromatic N) is 1. The summed E-state index contributed by atoms with van der Waals surface area (Å²) in [6, 6.07) is 9.87. The van der Waals surface area contributed by atoms with E-state index in [1.54, 1.807) is 38.4 Å². The minimum Gasteiger partial charge on any atom is -0.352 e. The topological polar surface area (TPSA) is 68.2 Å². The molecule has 1 aromatic heterocycles. The smallest absolute Gasteiger partial charge is 0.263 e. The molecule has 5 nitrogen and oxygen atoms in total. The number of nitrogens with one attached hydrogen (secondary N) is 1. The SMILES string of the molecule is C=CC(=O)c1ccc(Cc2c(C)cc(F)cc2C)c(-c2cc(C(=O)NCC)c(=O)n(C)c2)c1. The molecule has 3 aromatic rings. The van der Waals surface area contributed by atoms with E-state index in [9.17, 15) is 18.8 Å². The molecular weight excluding hydrogens is 419 g/mol. The number of halogens is 1. The van der Waals surface area contributed by atoms with Crippen molar-refractivity contribution in [3.63, 3.8) is 0 Å². The van der Waals surface area contributed by atoms with Crippen molar-refractivity contribution in [1.82, 2.24) is 9.88 Å². The maximum absolute atomic E-state index is 13.8. The third-order valence-corrected chi connectivity index (χ3v) is 5.68. The van der Waals surface area contributed by atoms with Crippen molar-refractivity contribution in [3.8, 4) is 11.1 Å². The number of amides is 1. The largest absolute Gasteiger partial charge is 0.352 e. The van der Waals surface area contributed by atoms with Crippen LogP contribution in [0.5, 0.6) is 0 Å². The third-order valence-electron chi connectivity index (χ3n) is 5.68. The van der Waals surface area contributed by atoms with E-state index in [0.717, 1.165) is 22.3 Å². The van der Waals surface area contributed by atoms with Gasteiger partial charge in [-0.3, -0.25) is 14.4 Å². The summed E-state index contributed by atoms with van der Waals surface area (Å²) in [6.07, 6.45) is 3.39. The van der Waals surface area contributed by atoms with Crippen LogP contribution in [0.4, 0.5) is 4.39 Å². The number of aryl methyl sites for hydroxylation is 3. The Morgan fingerprint density at radius 2 is 1.79 bits per heavy atom. The number of hydrogen-bond acceptors (Lipinski definition) is 3. The Morgan fingerprint density at radius 1 is 1.12 bits per heavy atom. The van der Waals surface area contributed by atoms with Crippen LogP contribution in [0.25, 0.3) is 11.1 Å². The standard InChI is InChI=1S/C27H27FN2O3/c1-6-25(31)19-9-8-18(12-22-16(3)10-21(28)11-17(22)4)23(13-19)20-14-24(26(32)29-7-2)27(33)30(5)15-20/h6,8-11,13-15H,1,7,12H2,2-5H3,(H,29,32). The highest BCUT2D eigenvalue weighted by Crippen LogP contribution is 2.29. The van der Waals surface area contributed by atoms with Gasteiger partial charge >= 0.3 is 0 Å². The summed E-state index contributed by atoms with van der Waals surface area (Å²) >= 11 is 0. The highest BCUT2D eigenvalue weighted by Gasteiger charge is 2.17. The summed E-state index contributed by atoms with van der Waals surface area (Å²) in [5, 5.41) is 2.67. The van der Waals surface area contributed by atoms with Gasteiger partial charge < -0.3 is 9.88 Å². The molecule has 0 unspecified atom stereocenters. The summed E-state index contributed by atoms with van der Waals surface area (Å²) in [5.41, 5.74) is 4.93. The monoisotopic (exact) mass is 446 g/mol.